The highest BCUT2D eigenvalue weighted by Crippen LogP contribution is 2.22. The monoisotopic (exact) mass is 258 g/mol. The summed E-state index contributed by atoms with van der Waals surface area (Å²) in [7, 11) is 0. The first-order valence-electron chi connectivity index (χ1n) is 5.58. The van der Waals surface area contributed by atoms with Crippen molar-refractivity contribution in [1.29, 1.82) is 0 Å². The van der Waals surface area contributed by atoms with Gasteiger partial charge in [0.25, 0.3) is 0 Å². The van der Waals surface area contributed by atoms with Crippen molar-refractivity contribution in [2.75, 3.05) is 19.8 Å². The molecule has 0 aliphatic carbocycles. The molecule has 0 saturated carbocycles. The van der Waals surface area contributed by atoms with Crippen molar-refractivity contribution in [2.24, 2.45) is 0 Å². The Bertz CT molecular complexity index is 411. The van der Waals surface area contributed by atoms with E-state index in [4.69, 9.17) is 21.1 Å². The number of hydrogen-bond acceptors (Lipinski definition) is 4. The fourth-order valence-electron chi connectivity index (χ4n) is 1.75. The van der Waals surface area contributed by atoms with Crippen LogP contribution in [0.15, 0.2) is 6.20 Å². The van der Waals surface area contributed by atoms with Crippen molar-refractivity contribution in [3.8, 4) is 0 Å². The van der Waals surface area contributed by atoms with Gasteiger partial charge < -0.3 is 9.47 Å². The van der Waals surface area contributed by atoms with E-state index in [-0.39, 0.29) is 18.4 Å². The standard InChI is InChI=1S/C11H15ClN2O3/c1-7(2)14-10(8(12)5-13-14)11(15)9-6-16-3-4-17-9/h5,7,9H,3-4,6H2,1-2H3. The van der Waals surface area contributed by atoms with Gasteiger partial charge in [-0.05, 0) is 13.8 Å². The summed E-state index contributed by atoms with van der Waals surface area (Å²) in [4.78, 5) is 12.3. The van der Waals surface area contributed by atoms with E-state index in [1.54, 1.807) is 4.68 Å². The minimum atomic E-state index is -0.574. The lowest BCUT2D eigenvalue weighted by Crippen LogP contribution is -2.36. The van der Waals surface area contributed by atoms with Crippen LogP contribution in [0, 0.1) is 0 Å². The Kier molecular flexibility index (Phi) is 3.81. The van der Waals surface area contributed by atoms with Gasteiger partial charge in [-0.15, -0.1) is 0 Å². The first-order chi connectivity index (χ1) is 8.11. The predicted octanol–water partition coefficient (Wildman–Crippen LogP) is 1.72. The Labute approximate surface area is 105 Å². The summed E-state index contributed by atoms with van der Waals surface area (Å²) < 4.78 is 12.2. The summed E-state index contributed by atoms with van der Waals surface area (Å²) in [5, 5.41) is 4.46. The number of carbonyl (C=O) groups is 1. The first-order valence-corrected chi connectivity index (χ1v) is 5.95. The SMILES string of the molecule is CC(C)n1ncc(Cl)c1C(=O)C1COCCO1. The van der Waals surface area contributed by atoms with E-state index in [2.05, 4.69) is 5.10 Å². The third-order valence-corrected chi connectivity index (χ3v) is 2.86. The maximum absolute atomic E-state index is 12.3. The zero-order chi connectivity index (χ0) is 12.4. The molecule has 1 saturated heterocycles. The zero-order valence-electron chi connectivity index (χ0n) is 9.85. The summed E-state index contributed by atoms with van der Waals surface area (Å²) in [6.07, 6.45) is 0.911. The molecule has 0 bridgehead atoms. The minimum absolute atomic E-state index is 0.0750. The third-order valence-electron chi connectivity index (χ3n) is 2.58. The van der Waals surface area contributed by atoms with Gasteiger partial charge in [0, 0.05) is 6.04 Å². The lowest BCUT2D eigenvalue weighted by molar-refractivity contribution is -0.0722. The van der Waals surface area contributed by atoms with Gasteiger partial charge in [0.05, 0.1) is 31.0 Å². The van der Waals surface area contributed by atoms with Crippen LogP contribution in [0.3, 0.4) is 0 Å². The van der Waals surface area contributed by atoms with Gasteiger partial charge in [0.1, 0.15) is 11.8 Å². The van der Waals surface area contributed by atoms with Gasteiger partial charge >= 0.3 is 0 Å². The van der Waals surface area contributed by atoms with Crippen LogP contribution in [0.25, 0.3) is 0 Å². The van der Waals surface area contributed by atoms with Gasteiger partial charge in [0.2, 0.25) is 5.78 Å². The molecule has 1 aliphatic heterocycles. The number of nitrogens with zero attached hydrogens (tertiary/aromatic N) is 2. The number of carbonyl (C=O) groups excluding carboxylic acids is 1. The number of ketones is 1. The highest BCUT2D eigenvalue weighted by atomic mass is 35.5. The smallest absolute Gasteiger partial charge is 0.213 e. The zero-order valence-corrected chi connectivity index (χ0v) is 10.6. The van der Waals surface area contributed by atoms with Crippen LogP contribution in [0.1, 0.15) is 30.4 Å². The predicted molar refractivity (Wildman–Crippen MR) is 62.5 cm³/mol. The second-order valence-electron chi connectivity index (χ2n) is 4.18. The van der Waals surface area contributed by atoms with Crippen LogP contribution in [-0.4, -0.2) is 41.5 Å². The summed E-state index contributed by atoms with van der Waals surface area (Å²) in [6, 6.07) is 0.0750. The van der Waals surface area contributed by atoms with E-state index in [0.29, 0.717) is 23.9 Å². The lowest BCUT2D eigenvalue weighted by atomic mass is 10.1. The molecule has 0 amide bonds. The molecule has 0 N–H and O–H groups in total. The normalized spacial score (nSPS) is 20.8. The Morgan fingerprint density at radius 3 is 2.94 bits per heavy atom. The maximum Gasteiger partial charge on any atom is 0.213 e. The Hall–Kier alpha value is -0.910. The number of ether oxygens (including phenoxy) is 2. The third kappa shape index (κ3) is 2.51. The number of aromatic nitrogens is 2. The van der Waals surface area contributed by atoms with Gasteiger partial charge in [-0.2, -0.15) is 5.10 Å². The van der Waals surface area contributed by atoms with Crippen molar-refractivity contribution in [1.82, 2.24) is 9.78 Å². The number of halogens is 1. The lowest BCUT2D eigenvalue weighted by Gasteiger charge is -2.22. The molecule has 1 aromatic heterocycles. The molecular formula is C11H15ClN2O3. The topological polar surface area (TPSA) is 53.4 Å². The highest BCUT2D eigenvalue weighted by molar-refractivity contribution is 6.33. The first kappa shape index (κ1) is 12.5. The molecule has 17 heavy (non-hydrogen) atoms. The molecule has 2 rings (SSSR count). The summed E-state index contributed by atoms with van der Waals surface area (Å²) >= 11 is 6.00. The second kappa shape index (κ2) is 5.16. The number of hydrogen-bond donors (Lipinski definition) is 0. The average Bonchev–Trinajstić information content (AvgIpc) is 2.71. The Morgan fingerprint density at radius 1 is 1.59 bits per heavy atom. The summed E-state index contributed by atoms with van der Waals surface area (Å²) in [5.41, 5.74) is 0.400. The van der Waals surface area contributed by atoms with Crippen molar-refractivity contribution in [3.63, 3.8) is 0 Å². The van der Waals surface area contributed by atoms with E-state index < -0.39 is 6.10 Å². The van der Waals surface area contributed by atoms with E-state index >= 15 is 0 Å². The molecule has 1 aliphatic rings. The number of rotatable bonds is 3. The molecule has 1 atom stereocenters. The summed E-state index contributed by atoms with van der Waals surface area (Å²) in [5.74, 6) is -0.166. The molecule has 0 aromatic carbocycles. The van der Waals surface area contributed by atoms with Crippen LogP contribution in [-0.2, 0) is 9.47 Å². The van der Waals surface area contributed by atoms with Gasteiger partial charge in [-0.25, -0.2) is 0 Å². The van der Waals surface area contributed by atoms with Crippen molar-refractivity contribution in [2.45, 2.75) is 26.0 Å². The Morgan fingerprint density at radius 2 is 2.35 bits per heavy atom. The summed E-state index contributed by atoms with van der Waals surface area (Å²) in [6.45, 7) is 5.12. The molecular weight excluding hydrogens is 244 g/mol. The quantitative estimate of drug-likeness (QED) is 0.775. The van der Waals surface area contributed by atoms with Gasteiger partial charge in [0.15, 0.2) is 0 Å². The van der Waals surface area contributed by atoms with Crippen LogP contribution in [0.4, 0.5) is 0 Å². The van der Waals surface area contributed by atoms with Crippen molar-refractivity contribution in [3.05, 3.63) is 16.9 Å². The van der Waals surface area contributed by atoms with E-state index in [0.717, 1.165) is 0 Å². The van der Waals surface area contributed by atoms with Crippen LogP contribution in [0.2, 0.25) is 5.02 Å². The molecule has 6 heteroatoms. The fourth-order valence-corrected chi connectivity index (χ4v) is 1.98. The molecule has 1 aromatic rings. The molecule has 94 valence electrons. The molecule has 0 radical (unpaired) electrons. The molecule has 0 spiro atoms. The second-order valence-corrected chi connectivity index (χ2v) is 4.59. The van der Waals surface area contributed by atoms with E-state index in [9.17, 15) is 4.79 Å². The molecule has 1 unspecified atom stereocenters. The minimum Gasteiger partial charge on any atom is -0.376 e. The van der Waals surface area contributed by atoms with Gasteiger partial charge in [-0.3, -0.25) is 9.48 Å². The average molecular weight is 259 g/mol. The van der Waals surface area contributed by atoms with Crippen molar-refractivity contribution >= 4 is 17.4 Å². The van der Waals surface area contributed by atoms with Crippen LogP contribution >= 0.6 is 11.6 Å². The molecule has 1 fully saturated rings. The van der Waals surface area contributed by atoms with Crippen LogP contribution in [0.5, 0.6) is 0 Å². The van der Waals surface area contributed by atoms with E-state index in [1.165, 1.54) is 6.20 Å². The maximum atomic E-state index is 12.3. The molecule has 2 heterocycles. The van der Waals surface area contributed by atoms with Gasteiger partial charge in [-0.1, -0.05) is 11.6 Å². The van der Waals surface area contributed by atoms with E-state index in [1.807, 2.05) is 13.8 Å². The van der Waals surface area contributed by atoms with Crippen LogP contribution < -0.4 is 0 Å². The highest BCUT2D eigenvalue weighted by Gasteiger charge is 2.29. The van der Waals surface area contributed by atoms with Crippen molar-refractivity contribution < 1.29 is 14.3 Å². The molecule has 5 nitrogen and oxygen atoms in total. The largest absolute Gasteiger partial charge is 0.376 e. The number of Topliss-reactive ketones (excluding diaryl/α,β-unsaturated/α-hetero) is 1. The fraction of sp³-hybridized carbons (Fsp3) is 0.636. The Balaban J connectivity index is 2.26.